The molecular formula is C25H21FN4O4S. The number of nitrogens with zero attached hydrogens (tertiary/aromatic N) is 3. The molecule has 0 bridgehead atoms. The van der Waals surface area contributed by atoms with Gasteiger partial charge < -0.3 is 15.0 Å². The first-order valence-electron chi connectivity index (χ1n) is 10.9. The van der Waals surface area contributed by atoms with Crippen LogP contribution in [0.25, 0.3) is 15.9 Å². The SMILES string of the molecule is Cc1nn(-c2ccc(F)cc2)c2sc(C(=O)OCC(=O)N3c4ccccc4NC(=O)CC3C)cc12. The van der Waals surface area contributed by atoms with Crippen molar-refractivity contribution >= 4 is 50.7 Å². The molecule has 0 saturated heterocycles. The number of hydrogen-bond donors (Lipinski definition) is 1. The van der Waals surface area contributed by atoms with Gasteiger partial charge in [0.1, 0.15) is 15.5 Å². The summed E-state index contributed by atoms with van der Waals surface area (Å²) in [5.74, 6) is -1.59. The molecule has 0 radical (unpaired) electrons. The minimum atomic E-state index is -0.630. The highest BCUT2D eigenvalue weighted by atomic mass is 32.1. The number of halogens is 1. The predicted octanol–water partition coefficient (Wildman–Crippen LogP) is 4.46. The average Bonchev–Trinajstić information content (AvgIpc) is 3.36. The number of hydrogen-bond acceptors (Lipinski definition) is 6. The zero-order chi connectivity index (χ0) is 24.7. The topological polar surface area (TPSA) is 93.5 Å². The number of rotatable bonds is 4. The van der Waals surface area contributed by atoms with Crippen molar-refractivity contribution in [2.45, 2.75) is 26.3 Å². The molecule has 2 aromatic carbocycles. The molecule has 0 saturated carbocycles. The van der Waals surface area contributed by atoms with E-state index in [-0.39, 0.29) is 18.1 Å². The fraction of sp³-hybridized carbons (Fsp3) is 0.200. The minimum absolute atomic E-state index is 0.129. The molecule has 2 aromatic heterocycles. The number of aryl methyl sites for hydroxylation is 1. The van der Waals surface area contributed by atoms with Gasteiger partial charge >= 0.3 is 5.97 Å². The van der Waals surface area contributed by atoms with E-state index in [1.54, 1.807) is 54.1 Å². The number of amides is 2. The number of anilines is 2. The summed E-state index contributed by atoms with van der Waals surface area (Å²) >= 11 is 1.18. The van der Waals surface area contributed by atoms with E-state index < -0.39 is 24.5 Å². The second kappa shape index (κ2) is 8.95. The molecule has 8 nitrogen and oxygen atoms in total. The molecule has 0 fully saturated rings. The molecule has 178 valence electrons. The van der Waals surface area contributed by atoms with Gasteiger partial charge in [0.25, 0.3) is 5.91 Å². The van der Waals surface area contributed by atoms with Crippen LogP contribution in [0.5, 0.6) is 0 Å². The molecule has 3 heterocycles. The Morgan fingerprint density at radius 1 is 1.20 bits per heavy atom. The normalized spacial score (nSPS) is 15.5. The Bertz CT molecular complexity index is 1460. The van der Waals surface area contributed by atoms with E-state index in [1.165, 1.54) is 28.4 Å². The van der Waals surface area contributed by atoms with Gasteiger partial charge in [-0.25, -0.2) is 13.9 Å². The summed E-state index contributed by atoms with van der Waals surface area (Å²) in [5.41, 5.74) is 2.47. The standard InChI is InChI=1S/C25H21FN4O4S/c1-14-11-22(31)27-19-5-3-4-6-20(19)29(14)23(32)13-34-25(33)21-12-18-15(2)28-30(24(18)35-21)17-9-7-16(26)8-10-17/h3-10,12,14H,11,13H2,1-2H3,(H,27,31). The first kappa shape index (κ1) is 22.7. The van der Waals surface area contributed by atoms with Gasteiger partial charge in [-0.1, -0.05) is 12.1 Å². The number of carbonyl (C=O) groups is 3. The number of carbonyl (C=O) groups excluding carboxylic acids is 3. The van der Waals surface area contributed by atoms with Crippen molar-refractivity contribution in [2.75, 3.05) is 16.8 Å². The highest BCUT2D eigenvalue weighted by Gasteiger charge is 2.30. The van der Waals surface area contributed by atoms with Crippen molar-refractivity contribution in [3.63, 3.8) is 0 Å². The van der Waals surface area contributed by atoms with Crippen molar-refractivity contribution in [3.8, 4) is 5.69 Å². The van der Waals surface area contributed by atoms with Crippen LogP contribution in [0.3, 0.4) is 0 Å². The maximum Gasteiger partial charge on any atom is 0.348 e. The average molecular weight is 493 g/mol. The lowest BCUT2D eigenvalue weighted by atomic mass is 10.1. The first-order valence-corrected chi connectivity index (χ1v) is 11.8. The molecule has 4 aromatic rings. The first-order chi connectivity index (χ1) is 16.8. The van der Waals surface area contributed by atoms with E-state index in [1.807, 2.05) is 6.92 Å². The van der Waals surface area contributed by atoms with Crippen molar-refractivity contribution in [3.05, 3.63) is 71.0 Å². The molecule has 1 N–H and O–H groups in total. The van der Waals surface area contributed by atoms with Crippen LogP contribution in [0.4, 0.5) is 15.8 Å². The van der Waals surface area contributed by atoms with Crippen LogP contribution >= 0.6 is 11.3 Å². The molecule has 2 amide bonds. The van der Waals surface area contributed by atoms with Crippen LogP contribution in [-0.4, -0.2) is 40.2 Å². The van der Waals surface area contributed by atoms with Gasteiger partial charge in [0.15, 0.2) is 6.61 Å². The number of ether oxygens (including phenoxy) is 1. The molecule has 1 unspecified atom stereocenters. The van der Waals surface area contributed by atoms with E-state index in [2.05, 4.69) is 10.4 Å². The van der Waals surface area contributed by atoms with Gasteiger partial charge in [-0.2, -0.15) is 5.10 Å². The molecule has 0 spiro atoms. The van der Waals surface area contributed by atoms with Gasteiger partial charge in [-0.05, 0) is 56.3 Å². The fourth-order valence-electron chi connectivity index (χ4n) is 4.14. The summed E-state index contributed by atoms with van der Waals surface area (Å²) in [6.07, 6.45) is 0.129. The number of benzene rings is 2. The maximum atomic E-state index is 13.3. The largest absolute Gasteiger partial charge is 0.451 e. The van der Waals surface area contributed by atoms with Crippen LogP contribution in [0.1, 0.15) is 28.7 Å². The molecule has 1 aliphatic rings. The summed E-state index contributed by atoms with van der Waals surface area (Å²) < 4.78 is 20.3. The highest BCUT2D eigenvalue weighted by Crippen LogP contribution is 2.32. The highest BCUT2D eigenvalue weighted by molar-refractivity contribution is 7.20. The third-order valence-corrected chi connectivity index (χ3v) is 6.86. The molecule has 5 rings (SSSR count). The predicted molar refractivity (Wildman–Crippen MR) is 131 cm³/mol. The molecule has 35 heavy (non-hydrogen) atoms. The molecule has 10 heteroatoms. The van der Waals surface area contributed by atoms with Crippen molar-refractivity contribution < 1.29 is 23.5 Å². The maximum absolute atomic E-state index is 13.3. The summed E-state index contributed by atoms with van der Waals surface area (Å²) in [5, 5.41) is 8.06. The Kier molecular flexibility index (Phi) is 5.81. The summed E-state index contributed by atoms with van der Waals surface area (Å²) in [6, 6.07) is 14.2. The summed E-state index contributed by atoms with van der Waals surface area (Å²) in [7, 11) is 0. The number of para-hydroxylation sites is 2. The van der Waals surface area contributed by atoms with Crippen molar-refractivity contribution in [1.82, 2.24) is 9.78 Å². The lowest BCUT2D eigenvalue weighted by molar-refractivity contribution is -0.122. The summed E-state index contributed by atoms with van der Waals surface area (Å²) in [6.45, 7) is 3.13. The van der Waals surface area contributed by atoms with E-state index in [0.29, 0.717) is 32.5 Å². The zero-order valence-corrected chi connectivity index (χ0v) is 19.8. The van der Waals surface area contributed by atoms with Gasteiger partial charge in [0, 0.05) is 17.8 Å². The van der Waals surface area contributed by atoms with Gasteiger partial charge in [-0.3, -0.25) is 9.59 Å². The Labute approximate surface area is 203 Å². The zero-order valence-electron chi connectivity index (χ0n) is 18.9. The van der Waals surface area contributed by atoms with E-state index >= 15 is 0 Å². The third-order valence-electron chi connectivity index (χ3n) is 5.77. The van der Waals surface area contributed by atoms with Crippen LogP contribution in [0, 0.1) is 12.7 Å². The summed E-state index contributed by atoms with van der Waals surface area (Å²) in [4.78, 5) is 40.6. The molecule has 1 atom stereocenters. The van der Waals surface area contributed by atoms with Gasteiger partial charge in [0.2, 0.25) is 5.91 Å². The Morgan fingerprint density at radius 3 is 2.71 bits per heavy atom. The third kappa shape index (κ3) is 4.28. The van der Waals surface area contributed by atoms with E-state index in [0.717, 1.165) is 5.39 Å². The fourth-order valence-corrected chi connectivity index (χ4v) is 5.22. The lowest BCUT2D eigenvalue weighted by Gasteiger charge is -2.27. The van der Waals surface area contributed by atoms with Crippen molar-refractivity contribution in [2.24, 2.45) is 0 Å². The van der Waals surface area contributed by atoms with Gasteiger partial charge in [-0.15, -0.1) is 11.3 Å². The van der Waals surface area contributed by atoms with E-state index in [9.17, 15) is 18.8 Å². The lowest BCUT2D eigenvalue weighted by Crippen LogP contribution is -2.41. The second-order valence-corrected chi connectivity index (χ2v) is 9.29. The molecule has 1 aliphatic heterocycles. The number of thiophene rings is 1. The van der Waals surface area contributed by atoms with Gasteiger partial charge in [0.05, 0.1) is 22.8 Å². The minimum Gasteiger partial charge on any atom is -0.451 e. The van der Waals surface area contributed by atoms with E-state index in [4.69, 9.17) is 4.74 Å². The monoisotopic (exact) mass is 492 g/mol. The molecule has 0 aliphatic carbocycles. The van der Waals surface area contributed by atoms with Crippen LogP contribution in [0.2, 0.25) is 0 Å². The number of esters is 1. The Balaban J connectivity index is 1.35. The molecular weight excluding hydrogens is 471 g/mol. The Morgan fingerprint density at radius 2 is 1.94 bits per heavy atom. The Hall–Kier alpha value is -4.05. The van der Waals surface area contributed by atoms with Crippen LogP contribution < -0.4 is 10.2 Å². The van der Waals surface area contributed by atoms with Crippen molar-refractivity contribution in [1.29, 1.82) is 0 Å². The smallest absolute Gasteiger partial charge is 0.348 e. The number of aromatic nitrogens is 2. The quantitative estimate of drug-likeness (QED) is 0.425. The van der Waals surface area contributed by atoms with Crippen LogP contribution in [-0.2, 0) is 14.3 Å². The second-order valence-electron chi connectivity index (χ2n) is 8.26. The number of fused-ring (bicyclic) bond motifs is 2. The number of nitrogens with one attached hydrogen (secondary N) is 1. The van der Waals surface area contributed by atoms with Crippen LogP contribution in [0.15, 0.2) is 54.6 Å².